The third kappa shape index (κ3) is 5.32. The van der Waals surface area contributed by atoms with Crippen molar-refractivity contribution in [2.75, 3.05) is 0 Å². The van der Waals surface area contributed by atoms with E-state index in [0.717, 1.165) is 17.6 Å². The normalized spacial score (nSPS) is 20.0. The van der Waals surface area contributed by atoms with Crippen LogP contribution in [0, 0.1) is 6.92 Å². The van der Waals surface area contributed by atoms with E-state index >= 15 is 0 Å². The van der Waals surface area contributed by atoms with Gasteiger partial charge >= 0.3 is 0 Å². The Morgan fingerprint density at radius 3 is 2.04 bits per heavy atom. The van der Waals surface area contributed by atoms with Crippen molar-refractivity contribution in [2.24, 2.45) is 12.0 Å². The first kappa shape index (κ1) is 19.5. The zero-order valence-electron chi connectivity index (χ0n) is 14.9. The van der Waals surface area contributed by atoms with Gasteiger partial charge in [0.1, 0.15) is 12.4 Å². The van der Waals surface area contributed by atoms with Crippen molar-refractivity contribution in [1.29, 1.82) is 0 Å². The van der Waals surface area contributed by atoms with Crippen LogP contribution >= 0.6 is 24.0 Å². The monoisotopic (exact) mass is 446 g/mol. The van der Waals surface area contributed by atoms with Gasteiger partial charge in [-0.3, -0.25) is 0 Å². The van der Waals surface area contributed by atoms with Crippen molar-refractivity contribution >= 4 is 29.9 Å². The molecule has 1 aromatic heterocycles. The molecule has 24 heavy (non-hydrogen) atoms. The molecule has 0 aromatic carbocycles. The third-order valence-corrected chi connectivity index (χ3v) is 5.20. The number of halogens is 1. The van der Waals surface area contributed by atoms with Crippen LogP contribution in [0.5, 0.6) is 0 Å². The van der Waals surface area contributed by atoms with E-state index in [4.69, 9.17) is 4.99 Å². The number of aliphatic imine (C=N–C) groups is 1. The molecular weight excluding hydrogens is 415 g/mol. The minimum atomic E-state index is 0. The van der Waals surface area contributed by atoms with Crippen LogP contribution in [0.1, 0.15) is 69.4 Å². The maximum Gasteiger partial charge on any atom is 0.192 e. The van der Waals surface area contributed by atoms with E-state index in [1.165, 1.54) is 57.8 Å². The van der Waals surface area contributed by atoms with E-state index < -0.39 is 0 Å². The zero-order chi connectivity index (χ0) is 16.1. The third-order valence-electron chi connectivity index (χ3n) is 5.20. The number of aromatic nitrogens is 3. The topological polar surface area (TPSA) is 67.1 Å². The highest BCUT2D eigenvalue weighted by Crippen LogP contribution is 2.19. The summed E-state index contributed by atoms with van der Waals surface area (Å²) < 4.78 is 2.01. The van der Waals surface area contributed by atoms with Crippen molar-refractivity contribution in [3.05, 3.63) is 11.6 Å². The highest BCUT2D eigenvalue weighted by Gasteiger charge is 2.19. The van der Waals surface area contributed by atoms with Crippen molar-refractivity contribution in [3.8, 4) is 0 Å². The molecule has 0 radical (unpaired) electrons. The van der Waals surface area contributed by atoms with E-state index in [1.807, 2.05) is 18.5 Å². The summed E-state index contributed by atoms with van der Waals surface area (Å²) in [6, 6.07) is 1.14. The van der Waals surface area contributed by atoms with Crippen LogP contribution in [-0.2, 0) is 13.6 Å². The van der Waals surface area contributed by atoms with Crippen LogP contribution in [-0.4, -0.2) is 32.8 Å². The van der Waals surface area contributed by atoms with Crippen molar-refractivity contribution in [2.45, 2.75) is 83.3 Å². The van der Waals surface area contributed by atoms with Crippen LogP contribution in [0.2, 0.25) is 0 Å². The molecule has 2 saturated carbocycles. The van der Waals surface area contributed by atoms with Crippen LogP contribution in [0.4, 0.5) is 0 Å². The Labute approximate surface area is 162 Å². The van der Waals surface area contributed by atoms with Gasteiger partial charge in [-0.1, -0.05) is 32.1 Å². The number of guanidine groups is 1. The summed E-state index contributed by atoms with van der Waals surface area (Å²) in [7, 11) is 2.00. The second-order valence-electron chi connectivity index (χ2n) is 6.99. The quantitative estimate of drug-likeness (QED) is 0.424. The molecule has 0 atom stereocenters. The molecule has 0 amide bonds. The first-order valence-electron chi connectivity index (χ1n) is 9.15. The van der Waals surface area contributed by atoms with Crippen molar-refractivity contribution in [1.82, 2.24) is 25.4 Å². The molecule has 2 fully saturated rings. The molecule has 1 aromatic rings. The summed E-state index contributed by atoms with van der Waals surface area (Å²) in [5.41, 5.74) is 0. The molecule has 1 heterocycles. The Balaban J connectivity index is 0.00000208. The summed E-state index contributed by atoms with van der Waals surface area (Å²) >= 11 is 0. The van der Waals surface area contributed by atoms with Crippen LogP contribution in [0.3, 0.4) is 0 Å². The molecule has 0 spiro atoms. The summed E-state index contributed by atoms with van der Waals surface area (Å²) in [5, 5.41) is 15.6. The van der Waals surface area contributed by atoms with Gasteiger partial charge in [0.05, 0.1) is 0 Å². The van der Waals surface area contributed by atoms with Gasteiger partial charge in [-0.15, -0.1) is 34.2 Å². The Hall–Kier alpha value is -0.860. The summed E-state index contributed by atoms with van der Waals surface area (Å²) in [6.45, 7) is 2.55. The van der Waals surface area contributed by atoms with Gasteiger partial charge in [0.15, 0.2) is 11.8 Å². The lowest BCUT2D eigenvalue weighted by molar-refractivity contribution is 0.407. The lowest BCUT2D eigenvalue weighted by Crippen LogP contribution is -2.47. The first-order chi connectivity index (χ1) is 11.2. The zero-order valence-corrected chi connectivity index (χ0v) is 17.3. The molecule has 136 valence electrons. The maximum atomic E-state index is 4.80. The molecule has 2 aliphatic rings. The van der Waals surface area contributed by atoms with Gasteiger partial charge in [-0.2, -0.15) is 0 Å². The molecule has 0 bridgehead atoms. The van der Waals surface area contributed by atoms with Gasteiger partial charge in [0.25, 0.3) is 0 Å². The number of rotatable bonds is 4. The van der Waals surface area contributed by atoms with E-state index in [2.05, 4.69) is 20.8 Å². The highest BCUT2D eigenvalue weighted by atomic mass is 127. The Bertz CT molecular complexity index is 529. The molecule has 3 rings (SSSR count). The second kappa shape index (κ2) is 9.58. The van der Waals surface area contributed by atoms with Gasteiger partial charge in [0.2, 0.25) is 0 Å². The number of hydrogen-bond donors (Lipinski definition) is 2. The Kier molecular flexibility index (Phi) is 7.77. The van der Waals surface area contributed by atoms with E-state index in [9.17, 15) is 0 Å². The van der Waals surface area contributed by atoms with Gasteiger partial charge < -0.3 is 15.2 Å². The lowest BCUT2D eigenvalue weighted by atomic mass is 9.96. The fourth-order valence-corrected chi connectivity index (χ4v) is 3.58. The molecule has 7 heteroatoms. The molecule has 0 unspecified atom stereocenters. The van der Waals surface area contributed by atoms with E-state index in [1.54, 1.807) is 0 Å². The predicted octanol–water partition coefficient (Wildman–Crippen LogP) is 3.05. The van der Waals surface area contributed by atoms with Crippen molar-refractivity contribution < 1.29 is 0 Å². The van der Waals surface area contributed by atoms with Gasteiger partial charge in [-0.25, -0.2) is 4.99 Å². The lowest BCUT2D eigenvalue weighted by Gasteiger charge is -2.26. The average Bonchev–Trinajstić information content (AvgIpc) is 3.18. The SMILES string of the molecule is Cc1nnc(CN=C(NC2CCCCC2)NC2CCCC2)n1C.I. The predicted molar refractivity (Wildman–Crippen MR) is 108 cm³/mol. The fourth-order valence-electron chi connectivity index (χ4n) is 3.58. The number of nitrogens with zero attached hydrogens (tertiary/aromatic N) is 4. The fraction of sp³-hybridized carbons (Fsp3) is 0.824. The average molecular weight is 446 g/mol. The molecule has 0 saturated heterocycles. The molecule has 0 aliphatic heterocycles. The Morgan fingerprint density at radius 1 is 1.00 bits per heavy atom. The summed E-state index contributed by atoms with van der Waals surface area (Å²) in [6.07, 6.45) is 11.7. The molecule has 6 nitrogen and oxygen atoms in total. The highest BCUT2D eigenvalue weighted by molar-refractivity contribution is 14.0. The van der Waals surface area contributed by atoms with E-state index in [-0.39, 0.29) is 24.0 Å². The largest absolute Gasteiger partial charge is 0.354 e. The summed E-state index contributed by atoms with van der Waals surface area (Å²) in [5.74, 6) is 2.81. The summed E-state index contributed by atoms with van der Waals surface area (Å²) in [4.78, 5) is 4.80. The van der Waals surface area contributed by atoms with Crippen LogP contribution in [0.25, 0.3) is 0 Å². The van der Waals surface area contributed by atoms with Gasteiger partial charge in [-0.05, 0) is 32.6 Å². The minimum absolute atomic E-state index is 0. The number of nitrogens with one attached hydrogen (secondary N) is 2. The smallest absolute Gasteiger partial charge is 0.192 e. The number of hydrogen-bond acceptors (Lipinski definition) is 3. The molecular formula is C17H31IN6. The van der Waals surface area contributed by atoms with E-state index in [0.29, 0.717) is 18.6 Å². The second-order valence-corrected chi connectivity index (χ2v) is 6.99. The number of aryl methyl sites for hydroxylation is 1. The minimum Gasteiger partial charge on any atom is -0.354 e. The van der Waals surface area contributed by atoms with Crippen LogP contribution in [0.15, 0.2) is 4.99 Å². The van der Waals surface area contributed by atoms with Crippen LogP contribution < -0.4 is 10.6 Å². The molecule has 2 N–H and O–H groups in total. The standard InChI is InChI=1S/C17H30N6.HI/c1-13-21-22-16(23(13)2)12-18-17(20-15-10-6-7-11-15)19-14-8-4-3-5-9-14;/h14-15H,3-12H2,1-2H3,(H2,18,19,20);1H. The Morgan fingerprint density at radius 2 is 1.54 bits per heavy atom. The van der Waals surface area contributed by atoms with Gasteiger partial charge in [0, 0.05) is 19.1 Å². The first-order valence-corrected chi connectivity index (χ1v) is 9.15. The maximum absolute atomic E-state index is 4.80. The molecule has 2 aliphatic carbocycles. The van der Waals surface area contributed by atoms with Crippen molar-refractivity contribution in [3.63, 3.8) is 0 Å².